The first kappa shape index (κ1) is 22.0. The van der Waals surface area contributed by atoms with Crippen LogP contribution < -0.4 is 0 Å². The topological polar surface area (TPSA) is 55.2 Å². The Morgan fingerprint density at radius 2 is 1.21 bits per heavy atom. The van der Waals surface area contributed by atoms with Gasteiger partial charge in [0.1, 0.15) is 11.2 Å². The molecule has 0 radical (unpaired) electrons. The maximum Gasteiger partial charge on any atom is 0.110 e. The van der Waals surface area contributed by atoms with Gasteiger partial charge >= 0.3 is 0 Å². The summed E-state index contributed by atoms with van der Waals surface area (Å²) in [6.07, 6.45) is 6.21. The SMILES string of the molecule is COC1(c2ccc3cc(C)ccc3n2)CCC1.Cc1ccc2nc(C3(O)CCC3)ccc2c1. The molecule has 1 N–H and O–H groups in total. The van der Waals surface area contributed by atoms with E-state index in [0.29, 0.717) is 0 Å². The van der Waals surface area contributed by atoms with Crippen molar-refractivity contribution in [2.45, 2.75) is 63.6 Å². The molecule has 2 fully saturated rings. The highest BCUT2D eigenvalue weighted by Gasteiger charge is 2.40. The average Bonchev–Trinajstić information content (AvgIpc) is 2.77. The van der Waals surface area contributed by atoms with Crippen molar-refractivity contribution in [3.8, 4) is 0 Å². The van der Waals surface area contributed by atoms with Gasteiger partial charge in [-0.1, -0.05) is 35.4 Å². The van der Waals surface area contributed by atoms with E-state index in [1.54, 1.807) is 7.11 Å². The lowest BCUT2D eigenvalue weighted by molar-refractivity contribution is -0.0809. The van der Waals surface area contributed by atoms with E-state index in [1.165, 1.54) is 22.9 Å². The average molecular weight is 441 g/mol. The standard InChI is InChI=1S/C15H17NO.C14H15NO/c1-11-4-6-13-12(10-11)5-7-14(16-13)15(17-2)8-3-9-15;1-10-3-5-12-11(9-10)4-6-13(15-12)14(16)7-2-8-14/h4-7,10H,3,8-9H2,1-2H3;3-6,9,16H,2,7-8H2,1H3. The number of hydrogen-bond donors (Lipinski definition) is 1. The molecule has 0 bridgehead atoms. The zero-order valence-corrected chi connectivity index (χ0v) is 19.8. The fourth-order valence-corrected chi connectivity index (χ4v) is 4.83. The second kappa shape index (κ2) is 8.51. The Bertz CT molecular complexity index is 1300. The molecule has 0 atom stereocenters. The molecule has 0 spiro atoms. The first-order chi connectivity index (χ1) is 15.9. The number of nitrogens with zero attached hydrogens (tertiary/aromatic N) is 2. The van der Waals surface area contributed by atoms with E-state index in [4.69, 9.17) is 9.72 Å². The van der Waals surface area contributed by atoms with Crippen LogP contribution in [-0.4, -0.2) is 22.2 Å². The molecule has 33 heavy (non-hydrogen) atoms. The fraction of sp³-hybridized carbons (Fsp3) is 0.379. The molecule has 0 aliphatic heterocycles. The van der Waals surface area contributed by atoms with Gasteiger partial charge in [-0.05, 0) is 88.8 Å². The minimum atomic E-state index is -0.654. The van der Waals surface area contributed by atoms with Crippen molar-refractivity contribution in [1.82, 2.24) is 9.97 Å². The van der Waals surface area contributed by atoms with Crippen LogP contribution in [0.4, 0.5) is 0 Å². The third-order valence-electron chi connectivity index (χ3n) is 7.37. The zero-order valence-electron chi connectivity index (χ0n) is 19.8. The van der Waals surface area contributed by atoms with Gasteiger partial charge in [-0.15, -0.1) is 0 Å². The number of aryl methyl sites for hydroxylation is 2. The molecule has 4 heteroatoms. The van der Waals surface area contributed by atoms with Crippen LogP contribution in [0.3, 0.4) is 0 Å². The number of hydrogen-bond acceptors (Lipinski definition) is 4. The minimum absolute atomic E-state index is 0.112. The first-order valence-electron chi connectivity index (χ1n) is 11.9. The molecule has 0 saturated heterocycles. The molecular formula is C29H32N2O2. The van der Waals surface area contributed by atoms with E-state index in [-0.39, 0.29) is 5.60 Å². The van der Waals surface area contributed by atoms with E-state index in [2.05, 4.69) is 67.4 Å². The minimum Gasteiger partial charge on any atom is -0.384 e. The Morgan fingerprint density at radius 1 is 0.697 bits per heavy atom. The summed E-state index contributed by atoms with van der Waals surface area (Å²) in [5.41, 5.74) is 5.71. The van der Waals surface area contributed by atoms with E-state index >= 15 is 0 Å². The van der Waals surface area contributed by atoms with Gasteiger partial charge < -0.3 is 9.84 Å². The molecule has 2 saturated carbocycles. The maximum absolute atomic E-state index is 10.2. The molecule has 2 aliphatic rings. The number of pyridine rings is 2. The summed E-state index contributed by atoms with van der Waals surface area (Å²) in [4.78, 5) is 9.32. The largest absolute Gasteiger partial charge is 0.384 e. The second-order valence-corrected chi connectivity index (χ2v) is 9.72. The van der Waals surface area contributed by atoms with Crippen LogP contribution in [0.25, 0.3) is 21.8 Å². The number of aliphatic hydroxyl groups is 1. The van der Waals surface area contributed by atoms with Crippen LogP contribution in [0.2, 0.25) is 0 Å². The Kier molecular flexibility index (Phi) is 5.67. The molecule has 0 unspecified atom stereocenters. The van der Waals surface area contributed by atoms with Gasteiger partial charge in [-0.25, -0.2) is 9.97 Å². The maximum atomic E-state index is 10.2. The van der Waals surface area contributed by atoms with E-state index in [1.807, 2.05) is 12.1 Å². The smallest absolute Gasteiger partial charge is 0.110 e. The fourth-order valence-electron chi connectivity index (χ4n) is 4.83. The predicted octanol–water partition coefficient (Wildman–Crippen LogP) is 6.48. The van der Waals surface area contributed by atoms with Crippen molar-refractivity contribution >= 4 is 21.8 Å². The summed E-state index contributed by atoms with van der Waals surface area (Å²) >= 11 is 0. The summed E-state index contributed by atoms with van der Waals surface area (Å²) in [6, 6.07) is 20.9. The predicted molar refractivity (Wildman–Crippen MR) is 133 cm³/mol. The summed E-state index contributed by atoms with van der Waals surface area (Å²) in [5.74, 6) is 0. The molecule has 2 aliphatic carbocycles. The molecular weight excluding hydrogens is 408 g/mol. The van der Waals surface area contributed by atoms with E-state index < -0.39 is 5.60 Å². The number of benzene rings is 2. The van der Waals surface area contributed by atoms with Crippen molar-refractivity contribution in [1.29, 1.82) is 0 Å². The zero-order chi connectivity index (χ0) is 23.1. The summed E-state index contributed by atoms with van der Waals surface area (Å²) in [6.45, 7) is 4.18. The van der Waals surface area contributed by atoms with Crippen molar-refractivity contribution in [3.63, 3.8) is 0 Å². The first-order valence-corrected chi connectivity index (χ1v) is 11.9. The highest BCUT2D eigenvalue weighted by atomic mass is 16.5. The normalized spacial score (nSPS) is 18.2. The number of ether oxygens (including phenoxy) is 1. The lowest BCUT2D eigenvalue weighted by Crippen LogP contribution is -2.36. The van der Waals surface area contributed by atoms with Gasteiger partial charge in [0.25, 0.3) is 0 Å². The molecule has 170 valence electrons. The van der Waals surface area contributed by atoms with Crippen LogP contribution in [0, 0.1) is 13.8 Å². The third kappa shape index (κ3) is 4.14. The van der Waals surface area contributed by atoms with Gasteiger partial charge in [0.15, 0.2) is 0 Å². The summed E-state index contributed by atoms with van der Waals surface area (Å²) < 4.78 is 5.67. The van der Waals surface area contributed by atoms with Crippen molar-refractivity contribution < 1.29 is 9.84 Å². The molecule has 6 rings (SSSR count). The molecule has 2 heterocycles. The third-order valence-corrected chi connectivity index (χ3v) is 7.37. The van der Waals surface area contributed by atoms with Crippen LogP contribution >= 0.6 is 0 Å². The summed E-state index contributed by atoms with van der Waals surface area (Å²) in [5, 5.41) is 12.6. The Labute approximate surface area is 195 Å². The van der Waals surface area contributed by atoms with Gasteiger partial charge in [0.2, 0.25) is 0 Å². The quantitative estimate of drug-likeness (QED) is 0.396. The Hall–Kier alpha value is -2.82. The van der Waals surface area contributed by atoms with Crippen LogP contribution in [-0.2, 0) is 15.9 Å². The lowest BCUT2D eigenvalue weighted by Gasteiger charge is -2.39. The summed E-state index contributed by atoms with van der Waals surface area (Å²) in [7, 11) is 1.79. The number of methoxy groups -OCH3 is 1. The van der Waals surface area contributed by atoms with Crippen molar-refractivity contribution in [3.05, 3.63) is 83.2 Å². The highest BCUT2D eigenvalue weighted by molar-refractivity contribution is 5.80. The van der Waals surface area contributed by atoms with Crippen molar-refractivity contribution in [2.75, 3.05) is 7.11 Å². The molecule has 2 aromatic carbocycles. The van der Waals surface area contributed by atoms with Crippen LogP contribution in [0.1, 0.15) is 61.0 Å². The van der Waals surface area contributed by atoms with Gasteiger partial charge in [-0.3, -0.25) is 0 Å². The van der Waals surface area contributed by atoms with Crippen molar-refractivity contribution in [2.24, 2.45) is 0 Å². The van der Waals surface area contributed by atoms with Crippen LogP contribution in [0.5, 0.6) is 0 Å². The number of aromatic nitrogens is 2. The number of rotatable bonds is 3. The van der Waals surface area contributed by atoms with Gasteiger partial charge in [0.05, 0.1) is 22.4 Å². The highest BCUT2D eigenvalue weighted by Crippen LogP contribution is 2.43. The lowest BCUT2D eigenvalue weighted by atomic mass is 9.77. The number of fused-ring (bicyclic) bond motifs is 2. The molecule has 4 nitrogen and oxygen atoms in total. The Balaban J connectivity index is 0.000000139. The van der Waals surface area contributed by atoms with E-state index in [9.17, 15) is 5.11 Å². The second-order valence-electron chi connectivity index (χ2n) is 9.72. The van der Waals surface area contributed by atoms with Crippen LogP contribution in [0.15, 0.2) is 60.7 Å². The Morgan fingerprint density at radius 3 is 1.67 bits per heavy atom. The van der Waals surface area contributed by atoms with E-state index in [0.717, 1.165) is 59.9 Å². The monoisotopic (exact) mass is 440 g/mol. The molecule has 4 aromatic rings. The van der Waals surface area contributed by atoms with Gasteiger partial charge in [0, 0.05) is 17.9 Å². The van der Waals surface area contributed by atoms with Gasteiger partial charge in [-0.2, -0.15) is 0 Å². The molecule has 0 amide bonds. The molecule has 2 aromatic heterocycles.